The summed E-state index contributed by atoms with van der Waals surface area (Å²) in [6.07, 6.45) is 3.09. The summed E-state index contributed by atoms with van der Waals surface area (Å²) in [5.74, 6) is 0.222. The van der Waals surface area contributed by atoms with Crippen molar-refractivity contribution in [2.75, 3.05) is 13.1 Å². The molecule has 3 aromatic rings. The van der Waals surface area contributed by atoms with E-state index in [0.29, 0.717) is 23.7 Å². The second kappa shape index (κ2) is 9.68. The van der Waals surface area contributed by atoms with Crippen molar-refractivity contribution in [2.45, 2.75) is 32.7 Å². The van der Waals surface area contributed by atoms with E-state index in [1.165, 1.54) is 10.5 Å². The van der Waals surface area contributed by atoms with E-state index in [2.05, 4.69) is 35.2 Å². The molecule has 0 bridgehead atoms. The molecule has 0 spiro atoms. The van der Waals surface area contributed by atoms with Gasteiger partial charge in [-0.1, -0.05) is 90.5 Å². The van der Waals surface area contributed by atoms with Gasteiger partial charge in [0.2, 0.25) is 0 Å². The van der Waals surface area contributed by atoms with Gasteiger partial charge in [-0.25, -0.2) is 0 Å². The van der Waals surface area contributed by atoms with Gasteiger partial charge in [0.1, 0.15) is 5.70 Å². The predicted octanol–water partition coefficient (Wildman–Crippen LogP) is 5.23. The second-order valence-corrected chi connectivity index (χ2v) is 9.39. The van der Waals surface area contributed by atoms with Crippen LogP contribution in [0, 0.1) is 12.8 Å². The highest BCUT2D eigenvalue weighted by Gasteiger charge is 2.42. The van der Waals surface area contributed by atoms with Crippen molar-refractivity contribution in [2.24, 2.45) is 5.92 Å². The van der Waals surface area contributed by atoms with Crippen LogP contribution in [0.1, 0.15) is 35.1 Å². The first-order chi connectivity index (χ1) is 16.6. The number of likely N-dealkylation sites (tertiary alicyclic amines) is 1. The predicted molar refractivity (Wildman–Crippen MR) is 135 cm³/mol. The van der Waals surface area contributed by atoms with Crippen molar-refractivity contribution < 1.29 is 9.59 Å². The Bertz CT molecular complexity index is 1190. The van der Waals surface area contributed by atoms with E-state index < -0.39 is 0 Å². The molecule has 3 aromatic carbocycles. The summed E-state index contributed by atoms with van der Waals surface area (Å²) in [7, 11) is 0. The van der Waals surface area contributed by atoms with Crippen LogP contribution in [0.4, 0.5) is 0 Å². The van der Waals surface area contributed by atoms with Gasteiger partial charge in [-0.05, 0) is 48.8 Å². The average molecular weight is 451 g/mol. The minimum Gasteiger partial charge on any atom is -0.366 e. The summed E-state index contributed by atoms with van der Waals surface area (Å²) in [4.78, 5) is 30.8. The Balaban J connectivity index is 1.40. The third-order valence-corrected chi connectivity index (χ3v) is 6.97. The Kier molecular flexibility index (Phi) is 6.31. The number of hydrogen-bond donors (Lipinski definition) is 0. The first-order valence-electron chi connectivity index (χ1n) is 12.1. The summed E-state index contributed by atoms with van der Waals surface area (Å²) in [5.41, 5.74) is 5.38. The number of amides is 2. The maximum Gasteiger partial charge on any atom is 0.278 e. The highest BCUT2D eigenvalue weighted by atomic mass is 16.2. The monoisotopic (exact) mass is 450 g/mol. The van der Waals surface area contributed by atoms with Crippen LogP contribution in [0.15, 0.2) is 90.6 Å². The summed E-state index contributed by atoms with van der Waals surface area (Å²) < 4.78 is 0. The number of benzene rings is 3. The van der Waals surface area contributed by atoms with Gasteiger partial charge in [-0.2, -0.15) is 0 Å². The minimum absolute atomic E-state index is 0.175. The molecule has 4 nitrogen and oxygen atoms in total. The average Bonchev–Trinajstić information content (AvgIpc) is 3.11. The van der Waals surface area contributed by atoms with Gasteiger partial charge >= 0.3 is 0 Å². The van der Waals surface area contributed by atoms with Crippen molar-refractivity contribution in [3.63, 3.8) is 0 Å². The minimum atomic E-state index is -0.195. The third kappa shape index (κ3) is 4.54. The number of carbonyl (C=O) groups is 2. The molecule has 1 saturated heterocycles. The van der Waals surface area contributed by atoms with Crippen molar-refractivity contribution in [1.29, 1.82) is 0 Å². The number of aryl methyl sites for hydroxylation is 1. The molecule has 1 fully saturated rings. The number of imide groups is 1. The van der Waals surface area contributed by atoms with Gasteiger partial charge in [0, 0.05) is 13.1 Å². The van der Waals surface area contributed by atoms with Gasteiger partial charge in [-0.3, -0.25) is 14.5 Å². The molecule has 34 heavy (non-hydrogen) atoms. The lowest BCUT2D eigenvalue weighted by Crippen LogP contribution is -2.38. The molecule has 0 radical (unpaired) electrons. The van der Waals surface area contributed by atoms with Crippen LogP contribution in [-0.2, 0) is 22.6 Å². The molecule has 4 heteroatoms. The van der Waals surface area contributed by atoms with Crippen LogP contribution >= 0.6 is 0 Å². The summed E-state index contributed by atoms with van der Waals surface area (Å²) in [6.45, 7) is 3.91. The van der Waals surface area contributed by atoms with E-state index in [9.17, 15) is 9.59 Å². The largest absolute Gasteiger partial charge is 0.366 e. The standard InChI is InChI=1S/C30H30N2O2/c1-22-12-14-26(15-13-22)27-28(30(34)32(29(27)33)21-25-10-6-3-7-11-25)31-18-16-24(17-19-31)20-23-8-4-2-5-9-23/h2-15,24H,16-21H2,1H3. The number of piperidine rings is 1. The lowest BCUT2D eigenvalue weighted by Gasteiger charge is -2.34. The van der Waals surface area contributed by atoms with Crippen LogP contribution in [0.25, 0.3) is 5.57 Å². The number of carbonyl (C=O) groups excluding carboxylic acids is 2. The van der Waals surface area contributed by atoms with Gasteiger partial charge in [-0.15, -0.1) is 0 Å². The zero-order valence-corrected chi connectivity index (χ0v) is 19.6. The van der Waals surface area contributed by atoms with E-state index in [1.807, 2.05) is 61.5 Å². The molecule has 0 unspecified atom stereocenters. The van der Waals surface area contributed by atoms with E-state index in [-0.39, 0.29) is 11.8 Å². The van der Waals surface area contributed by atoms with E-state index >= 15 is 0 Å². The molecule has 2 aliphatic heterocycles. The lowest BCUT2D eigenvalue weighted by molar-refractivity contribution is -0.138. The fourth-order valence-corrected chi connectivity index (χ4v) is 5.05. The molecular weight excluding hydrogens is 420 g/mol. The molecule has 0 aromatic heterocycles. The number of hydrogen-bond acceptors (Lipinski definition) is 3. The number of nitrogens with zero attached hydrogens (tertiary/aromatic N) is 2. The van der Waals surface area contributed by atoms with Crippen LogP contribution in [-0.4, -0.2) is 34.7 Å². The molecule has 5 rings (SSSR count). The molecule has 0 atom stereocenters. The van der Waals surface area contributed by atoms with Crippen molar-refractivity contribution in [3.8, 4) is 0 Å². The molecule has 172 valence electrons. The topological polar surface area (TPSA) is 40.6 Å². The van der Waals surface area contributed by atoms with Gasteiger partial charge < -0.3 is 4.90 Å². The SMILES string of the molecule is Cc1ccc(C2=C(N3CCC(Cc4ccccc4)CC3)C(=O)N(Cc3ccccc3)C2=O)cc1. The quantitative estimate of drug-likeness (QED) is 0.483. The van der Waals surface area contributed by atoms with Crippen LogP contribution < -0.4 is 0 Å². The van der Waals surface area contributed by atoms with Crippen molar-refractivity contribution >= 4 is 17.4 Å². The van der Waals surface area contributed by atoms with E-state index in [4.69, 9.17) is 0 Å². The lowest BCUT2D eigenvalue weighted by atomic mass is 9.89. The smallest absolute Gasteiger partial charge is 0.278 e. The first-order valence-corrected chi connectivity index (χ1v) is 12.1. The number of rotatable bonds is 6. The zero-order valence-electron chi connectivity index (χ0n) is 19.6. The van der Waals surface area contributed by atoms with Crippen LogP contribution in [0.2, 0.25) is 0 Å². The Morgan fingerprint density at radius 2 is 1.32 bits per heavy atom. The van der Waals surface area contributed by atoms with Gasteiger partial charge in [0.05, 0.1) is 12.1 Å². The molecular formula is C30H30N2O2. The Morgan fingerprint density at radius 3 is 1.94 bits per heavy atom. The van der Waals surface area contributed by atoms with Crippen molar-refractivity contribution in [1.82, 2.24) is 9.80 Å². The fourth-order valence-electron chi connectivity index (χ4n) is 5.05. The van der Waals surface area contributed by atoms with E-state index in [0.717, 1.165) is 49.0 Å². The summed E-state index contributed by atoms with van der Waals surface area (Å²) in [6, 6.07) is 28.3. The Morgan fingerprint density at radius 1 is 0.735 bits per heavy atom. The molecule has 0 saturated carbocycles. The highest BCUT2D eigenvalue weighted by Crippen LogP contribution is 2.35. The first kappa shape index (κ1) is 22.1. The molecule has 0 aliphatic carbocycles. The second-order valence-electron chi connectivity index (χ2n) is 9.39. The van der Waals surface area contributed by atoms with Crippen molar-refractivity contribution in [3.05, 3.63) is 113 Å². The van der Waals surface area contributed by atoms with E-state index in [1.54, 1.807) is 0 Å². The maximum absolute atomic E-state index is 13.6. The molecule has 2 amide bonds. The Labute approximate surface area is 201 Å². The van der Waals surface area contributed by atoms with Crippen LogP contribution in [0.3, 0.4) is 0 Å². The van der Waals surface area contributed by atoms with Gasteiger partial charge in [0.15, 0.2) is 0 Å². The van der Waals surface area contributed by atoms with Crippen LogP contribution in [0.5, 0.6) is 0 Å². The normalized spacial score (nSPS) is 17.1. The molecule has 0 N–H and O–H groups in total. The molecule has 2 heterocycles. The third-order valence-electron chi connectivity index (χ3n) is 6.97. The molecule has 2 aliphatic rings. The Hall–Kier alpha value is -3.66. The summed E-state index contributed by atoms with van der Waals surface area (Å²) >= 11 is 0. The summed E-state index contributed by atoms with van der Waals surface area (Å²) in [5, 5.41) is 0. The van der Waals surface area contributed by atoms with Gasteiger partial charge in [0.25, 0.3) is 11.8 Å². The highest BCUT2D eigenvalue weighted by molar-refractivity contribution is 6.35. The maximum atomic E-state index is 13.6. The zero-order chi connectivity index (χ0) is 23.5. The fraction of sp³-hybridized carbons (Fsp3) is 0.267.